The van der Waals surface area contributed by atoms with Crippen molar-refractivity contribution in [3.05, 3.63) is 64.8 Å². The zero-order chi connectivity index (χ0) is 15.7. The molecule has 0 amide bonds. The highest BCUT2D eigenvalue weighted by atomic mass is 35.5. The van der Waals surface area contributed by atoms with E-state index in [9.17, 15) is 0 Å². The molecular weight excluding hydrogens is 294 g/mol. The molecule has 0 unspecified atom stereocenters. The van der Waals surface area contributed by atoms with Gasteiger partial charge in [0.25, 0.3) is 0 Å². The number of fused-ring (bicyclic) bond motifs is 1. The Morgan fingerprint density at radius 2 is 1.86 bits per heavy atom. The second-order valence-electron chi connectivity index (χ2n) is 5.85. The van der Waals surface area contributed by atoms with Crippen LogP contribution in [0, 0.1) is 6.92 Å². The number of benzene rings is 2. The van der Waals surface area contributed by atoms with Crippen molar-refractivity contribution in [2.45, 2.75) is 33.4 Å². The Bertz CT molecular complexity index is 804. The van der Waals surface area contributed by atoms with Crippen LogP contribution in [-0.4, -0.2) is 4.57 Å². The van der Waals surface area contributed by atoms with Crippen LogP contribution in [0.3, 0.4) is 0 Å². The third-order valence-corrected chi connectivity index (χ3v) is 4.23. The molecule has 0 saturated carbocycles. The predicted molar refractivity (Wildman–Crippen MR) is 92.8 cm³/mol. The molecule has 2 nitrogen and oxygen atoms in total. The second-order valence-corrected chi connectivity index (χ2v) is 6.25. The minimum atomic E-state index is 0.415. The second kappa shape index (κ2) is 6.05. The molecule has 0 N–H and O–H groups in total. The molecule has 0 atom stereocenters. The summed E-state index contributed by atoms with van der Waals surface area (Å²) in [7, 11) is 0. The number of ether oxygens (including phenoxy) is 1. The standard InChI is InChI=1S/C19H20ClNO/c1-13(2)21-11-15(16-8-6-7-14(3)19(16)21)12-22-18-10-5-4-9-17(18)20/h4-11,13H,12H2,1-3H3. The fraction of sp³-hybridized carbons (Fsp3) is 0.263. The molecule has 0 aliphatic heterocycles. The predicted octanol–water partition coefficient (Wildman–Crippen LogP) is 5.76. The smallest absolute Gasteiger partial charge is 0.138 e. The summed E-state index contributed by atoms with van der Waals surface area (Å²) >= 11 is 6.16. The maximum atomic E-state index is 6.16. The van der Waals surface area contributed by atoms with Crippen LogP contribution < -0.4 is 4.74 Å². The van der Waals surface area contributed by atoms with Gasteiger partial charge in [0, 0.05) is 23.2 Å². The highest BCUT2D eigenvalue weighted by Crippen LogP contribution is 2.29. The molecule has 114 valence electrons. The summed E-state index contributed by atoms with van der Waals surface area (Å²) < 4.78 is 8.23. The van der Waals surface area contributed by atoms with Crippen molar-refractivity contribution < 1.29 is 4.74 Å². The van der Waals surface area contributed by atoms with Gasteiger partial charge >= 0.3 is 0 Å². The average molecular weight is 314 g/mol. The Balaban J connectivity index is 1.98. The topological polar surface area (TPSA) is 14.2 Å². The van der Waals surface area contributed by atoms with Gasteiger partial charge in [0.05, 0.1) is 10.5 Å². The van der Waals surface area contributed by atoms with Crippen LogP contribution in [0.4, 0.5) is 0 Å². The third kappa shape index (κ3) is 2.71. The SMILES string of the molecule is Cc1cccc2c(COc3ccccc3Cl)cn(C(C)C)c12. The largest absolute Gasteiger partial charge is 0.487 e. The lowest BCUT2D eigenvalue weighted by Crippen LogP contribution is -1.99. The molecular formula is C19H20ClNO. The molecule has 0 aliphatic carbocycles. The molecule has 2 aromatic carbocycles. The van der Waals surface area contributed by atoms with E-state index < -0.39 is 0 Å². The average Bonchev–Trinajstić information content (AvgIpc) is 2.87. The lowest BCUT2D eigenvalue weighted by atomic mass is 10.1. The molecule has 0 spiro atoms. The van der Waals surface area contributed by atoms with Crippen molar-refractivity contribution in [3.63, 3.8) is 0 Å². The Morgan fingerprint density at radius 1 is 1.09 bits per heavy atom. The maximum Gasteiger partial charge on any atom is 0.138 e. The fourth-order valence-corrected chi connectivity index (χ4v) is 2.99. The highest BCUT2D eigenvalue weighted by Gasteiger charge is 2.13. The lowest BCUT2D eigenvalue weighted by Gasteiger charge is -2.10. The van der Waals surface area contributed by atoms with Gasteiger partial charge in [-0.3, -0.25) is 0 Å². The molecule has 0 saturated heterocycles. The molecule has 0 fully saturated rings. The Hall–Kier alpha value is -1.93. The van der Waals surface area contributed by atoms with Crippen LogP contribution in [-0.2, 0) is 6.61 Å². The van der Waals surface area contributed by atoms with E-state index in [1.165, 1.54) is 22.0 Å². The molecule has 3 aromatic rings. The summed E-state index contributed by atoms with van der Waals surface area (Å²) in [5.41, 5.74) is 3.76. The quantitative estimate of drug-likeness (QED) is 0.597. The number of hydrogen-bond acceptors (Lipinski definition) is 1. The van der Waals surface area contributed by atoms with Crippen molar-refractivity contribution in [3.8, 4) is 5.75 Å². The highest BCUT2D eigenvalue weighted by molar-refractivity contribution is 6.32. The van der Waals surface area contributed by atoms with Crippen LogP contribution in [0.15, 0.2) is 48.7 Å². The fourth-order valence-electron chi connectivity index (χ4n) is 2.80. The van der Waals surface area contributed by atoms with Crippen LogP contribution in [0.1, 0.15) is 31.0 Å². The van der Waals surface area contributed by atoms with Crippen LogP contribution >= 0.6 is 11.6 Å². The lowest BCUT2D eigenvalue weighted by molar-refractivity contribution is 0.307. The number of halogens is 1. The van der Waals surface area contributed by atoms with Crippen LogP contribution in [0.25, 0.3) is 10.9 Å². The first-order chi connectivity index (χ1) is 10.6. The molecule has 1 heterocycles. The van der Waals surface area contributed by atoms with Gasteiger partial charge in [0.2, 0.25) is 0 Å². The van der Waals surface area contributed by atoms with Crippen molar-refractivity contribution in [1.82, 2.24) is 4.57 Å². The van der Waals surface area contributed by atoms with Gasteiger partial charge in [-0.2, -0.15) is 0 Å². The van der Waals surface area contributed by atoms with E-state index in [4.69, 9.17) is 16.3 Å². The summed E-state index contributed by atoms with van der Waals surface area (Å²) in [6.45, 7) is 7.07. The van der Waals surface area contributed by atoms with Crippen molar-refractivity contribution in [2.24, 2.45) is 0 Å². The molecule has 0 radical (unpaired) electrons. The summed E-state index contributed by atoms with van der Waals surface area (Å²) in [4.78, 5) is 0. The first-order valence-electron chi connectivity index (χ1n) is 7.54. The molecule has 3 heteroatoms. The van der Waals surface area contributed by atoms with Crippen molar-refractivity contribution in [1.29, 1.82) is 0 Å². The Labute approximate surface area is 136 Å². The van der Waals surface area contributed by atoms with E-state index in [2.05, 4.69) is 49.7 Å². The van der Waals surface area contributed by atoms with Gasteiger partial charge in [0.1, 0.15) is 12.4 Å². The van der Waals surface area contributed by atoms with Gasteiger partial charge in [0.15, 0.2) is 0 Å². The van der Waals surface area contributed by atoms with Gasteiger partial charge in [-0.05, 0) is 38.5 Å². The number of nitrogens with zero attached hydrogens (tertiary/aromatic N) is 1. The van der Waals surface area contributed by atoms with Gasteiger partial charge in [-0.25, -0.2) is 0 Å². The molecule has 0 aliphatic rings. The van der Waals surface area contributed by atoms with Crippen LogP contribution in [0.2, 0.25) is 5.02 Å². The number of hydrogen-bond donors (Lipinski definition) is 0. The van der Waals surface area contributed by atoms with E-state index in [1.807, 2.05) is 24.3 Å². The van der Waals surface area contributed by atoms with Gasteiger partial charge < -0.3 is 9.30 Å². The molecule has 22 heavy (non-hydrogen) atoms. The minimum Gasteiger partial charge on any atom is -0.487 e. The van der Waals surface area contributed by atoms with E-state index in [-0.39, 0.29) is 0 Å². The van der Waals surface area contributed by atoms with Gasteiger partial charge in [-0.15, -0.1) is 0 Å². The maximum absolute atomic E-state index is 6.16. The molecule has 0 bridgehead atoms. The van der Waals surface area contributed by atoms with E-state index in [0.717, 1.165) is 5.75 Å². The number of aromatic nitrogens is 1. The van der Waals surface area contributed by atoms with Gasteiger partial charge in [-0.1, -0.05) is 41.9 Å². The first-order valence-corrected chi connectivity index (χ1v) is 7.92. The van der Waals surface area contributed by atoms with E-state index in [1.54, 1.807) is 0 Å². The zero-order valence-corrected chi connectivity index (χ0v) is 13.9. The summed E-state index contributed by atoms with van der Waals surface area (Å²) in [5, 5.41) is 1.90. The number of aryl methyl sites for hydroxylation is 1. The molecule has 3 rings (SSSR count). The minimum absolute atomic E-state index is 0.415. The number of para-hydroxylation sites is 2. The first kappa shape index (κ1) is 15.0. The monoisotopic (exact) mass is 313 g/mol. The summed E-state index contributed by atoms with van der Waals surface area (Å²) in [6, 6.07) is 14.4. The van der Waals surface area contributed by atoms with E-state index >= 15 is 0 Å². The third-order valence-electron chi connectivity index (χ3n) is 3.91. The zero-order valence-electron chi connectivity index (χ0n) is 13.1. The Morgan fingerprint density at radius 3 is 2.59 bits per heavy atom. The van der Waals surface area contributed by atoms with Crippen molar-refractivity contribution in [2.75, 3.05) is 0 Å². The Kier molecular flexibility index (Phi) is 4.12. The summed E-state index contributed by atoms with van der Waals surface area (Å²) in [6.07, 6.45) is 2.19. The summed E-state index contributed by atoms with van der Waals surface area (Å²) in [5.74, 6) is 0.724. The number of rotatable bonds is 4. The van der Waals surface area contributed by atoms with Crippen molar-refractivity contribution >= 4 is 22.5 Å². The van der Waals surface area contributed by atoms with E-state index in [0.29, 0.717) is 17.7 Å². The normalized spacial score (nSPS) is 11.3. The van der Waals surface area contributed by atoms with Crippen LogP contribution in [0.5, 0.6) is 5.75 Å². The molecule has 1 aromatic heterocycles.